The summed E-state index contributed by atoms with van der Waals surface area (Å²) in [6.45, 7) is 12.1. The second-order valence-electron chi connectivity index (χ2n) is 7.87. The van der Waals surface area contributed by atoms with Gasteiger partial charge in [-0.25, -0.2) is 0 Å². The summed E-state index contributed by atoms with van der Waals surface area (Å²) in [5.74, 6) is 3.45. The van der Waals surface area contributed by atoms with E-state index in [1.807, 2.05) is 0 Å². The Morgan fingerprint density at radius 1 is 1.05 bits per heavy atom. The predicted octanol–water partition coefficient (Wildman–Crippen LogP) is 6.49. The normalized spacial score (nSPS) is 37.0. The molecular formula is C20H33+. The highest BCUT2D eigenvalue weighted by Gasteiger charge is 2.49. The van der Waals surface area contributed by atoms with Crippen LogP contribution in [0.4, 0.5) is 0 Å². The first kappa shape index (κ1) is 15.7. The molecule has 0 saturated heterocycles. The van der Waals surface area contributed by atoms with Crippen molar-refractivity contribution in [3.8, 4) is 0 Å². The van der Waals surface area contributed by atoms with Gasteiger partial charge >= 0.3 is 0 Å². The third-order valence-electron chi connectivity index (χ3n) is 6.04. The minimum Gasteiger partial charge on any atom is -0.0853 e. The average Bonchev–Trinajstić information content (AvgIpc) is 2.36. The summed E-state index contributed by atoms with van der Waals surface area (Å²) in [5, 5.41) is 0. The lowest BCUT2D eigenvalue weighted by atomic mass is 9.56. The molecule has 1 fully saturated rings. The summed E-state index contributed by atoms with van der Waals surface area (Å²) in [4.78, 5) is 0. The van der Waals surface area contributed by atoms with E-state index in [1.54, 1.807) is 17.1 Å². The first-order chi connectivity index (χ1) is 9.41. The van der Waals surface area contributed by atoms with Crippen molar-refractivity contribution in [1.29, 1.82) is 0 Å². The van der Waals surface area contributed by atoms with Crippen LogP contribution in [0, 0.1) is 23.2 Å². The molecule has 2 atom stereocenters. The Kier molecular flexibility index (Phi) is 5.04. The monoisotopic (exact) mass is 273 g/mol. The lowest BCUT2D eigenvalue weighted by Gasteiger charge is -2.43. The highest BCUT2D eigenvalue weighted by Crippen LogP contribution is 2.52. The Morgan fingerprint density at radius 2 is 1.75 bits per heavy atom. The molecule has 0 aromatic heterocycles. The molecule has 112 valence electrons. The van der Waals surface area contributed by atoms with Crippen molar-refractivity contribution >= 4 is 0 Å². The van der Waals surface area contributed by atoms with E-state index in [0.29, 0.717) is 5.41 Å². The first-order valence-corrected chi connectivity index (χ1v) is 8.55. The fourth-order valence-corrected chi connectivity index (χ4v) is 4.37. The average molecular weight is 273 g/mol. The van der Waals surface area contributed by atoms with Gasteiger partial charge in [0.15, 0.2) is 0 Å². The largest absolute Gasteiger partial charge is 0.106 e. The molecule has 2 aliphatic rings. The minimum absolute atomic E-state index is 0.471. The van der Waals surface area contributed by atoms with Crippen molar-refractivity contribution < 1.29 is 0 Å². The number of hydrogen-bond donors (Lipinski definition) is 0. The molecule has 0 radical (unpaired) electrons. The van der Waals surface area contributed by atoms with Crippen molar-refractivity contribution in [3.63, 3.8) is 0 Å². The van der Waals surface area contributed by atoms with Crippen molar-refractivity contribution in [2.45, 2.75) is 79.6 Å². The third kappa shape index (κ3) is 3.51. The Bertz CT molecular complexity index is 383. The van der Waals surface area contributed by atoms with E-state index in [2.05, 4.69) is 46.8 Å². The number of rotatable bonds is 0. The van der Waals surface area contributed by atoms with Crippen LogP contribution in [0.25, 0.3) is 0 Å². The smallest absolute Gasteiger partial charge is 0.0853 e. The highest BCUT2D eigenvalue weighted by molar-refractivity contribution is 5.11. The Balaban J connectivity index is 2.24. The number of fused-ring (bicyclic) bond motifs is 2. The molecule has 20 heavy (non-hydrogen) atoms. The van der Waals surface area contributed by atoms with Gasteiger partial charge in [-0.15, -0.1) is 0 Å². The van der Waals surface area contributed by atoms with Crippen LogP contribution in [0.5, 0.6) is 0 Å². The summed E-state index contributed by atoms with van der Waals surface area (Å²) in [7, 11) is 0. The third-order valence-corrected chi connectivity index (χ3v) is 6.04. The topological polar surface area (TPSA) is 0 Å². The van der Waals surface area contributed by atoms with Crippen molar-refractivity contribution in [2.75, 3.05) is 0 Å². The first-order valence-electron chi connectivity index (χ1n) is 8.55. The van der Waals surface area contributed by atoms with Crippen LogP contribution in [0.15, 0.2) is 23.3 Å². The molecular weight excluding hydrogens is 240 g/mol. The van der Waals surface area contributed by atoms with E-state index in [0.717, 1.165) is 11.8 Å². The molecule has 0 amide bonds. The van der Waals surface area contributed by atoms with Crippen molar-refractivity contribution in [1.82, 2.24) is 0 Å². The lowest BCUT2D eigenvalue weighted by molar-refractivity contribution is 0.0739. The summed E-state index contributed by atoms with van der Waals surface area (Å²) in [6.07, 6.45) is 14.2. The van der Waals surface area contributed by atoms with Gasteiger partial charge in [0.2, 0.25) is 0 Å². The van der Waals surface area contributed by atoms with Crippen LogP contribution >= 0.6 is 0 Å². The molecule has 0 nitrogen and oxygen atoms in total. The maximum atomic E-state index is 2.54. The van der Waals surface area contributed by atoms with Gasteiger partial charge in [0, 0.05) is 5.41 Å². The predicted molar refractivity (Wildman–Crippen MR) is 89.5 cm³/mol. The Labute approximate surface area is 126 Å². The van der Waals surface area contributed by atoms with Gasteiger partial charge in [0.05, 0.1) is 19.3 Å². The van der Waals surface area contributed by atoms with Crippen LogP contribution < -0.4 is 0 Å². The van der Waals surface area contributed by atoms with E-state index in [4.69, 9.17) is 0 Å². The molecule has 0 spiro atoms. The zero-order valence-electron chi connectivity index (χ0n) is 14.3. The molecule has 0 heterocycles. The van der Waals surface area contributed by atoms with Gasteiger partial charge < -0.3 is 0 Å². The van der Waals surface area contributed by atoms with E-state index in [1.165, 1.54) is 44.9 Å². The Morgan fingerprint density at radius 3 is 2.50 bits per heavy atom. The van der Waals surface area contributed by atoms with E-state index < -0.39 is 0 Å². The van der Waals surface area contributed by atoms with Crippen LogP contribution in [-0.4, -0.2) is 0 Å². The van der Waals surface area contributed by atoms with Crippen molar-refractivity contribution in [3.05, 3.63) is 29.2 Å². The van der Waals surface area contributed by atoms with E-state index in [-0.39, 0.29) is 0 Å². The number of allylic oxidation sites excluding steroid dienone is 4. The summed E-state index contributed by atoms with van der Waals surface area (Å²) in [5.41, 5.74) is 3.66. The van der Waals surface area contributed by atoms with Gasteiger partial charge in [-0.05, 0) is 58.3 Å². The van der Waals surface area contributed by atoms with Crippen LogP contribution in [0.3, 0.4) is 0 Å². The molecule has 2 rings (SSSR count). The summed E-state index contributed by atoms with van der Waals surface area (Å²) >= 11 is 0. The van der Waals surface area contributed by atoms with Gasteiger partial charge in [-0.2, -0.15) is 0 Å². The van der Waals surface area contributed by atoms with Gasteiger partial charge in [0.1, 0.15) is 5.92 Å². The second kappa shape index (κ2) is 6.41. The molecule has 0 aliphatic heterocycles. The van der Waals surface area contributed by atoms with Crippen LogP contribution in [-0.2, 0) is 0 Å². The lowest BCUT2D eigenvalue weighted by Crippen LogP contribution is -2.39. The molecule has 2 aliphatic carbocycles. The minimum atomic E-state index is 0.471. The van der Waals surface area contributed by atoms with Crippen molar-refractivity contribution in [2.24, 2.45) is 17.3 Å². The van der Waals surface area contributed by atoms with Crippen LogP contribution in [0.2, 0.25) is 0 Å². The zero-order chi connectivity index (χ0) is 14.8. The number of hydrogen-bond acceptors (Lipinski definition) is 0. The molecule has 0 unspecified atom stereocenters. The van der Waals surface area contributed by atoms with Gasteiger partial charge in [-0.1, -0.05) is 37.1 Å². The van der Waals surface area contributed by atoms with Gasteiger partial charge in [0.25, 0.3) is 0 Å². The maximum Gasteiger partial charge on any atom is 0.106 e. The second-order valence-corrected chi connectivity index (χ2v) is 7.87. The molecule has 2 bridgehead atoms. The quantitative estimate of drug-likeness (QED) is 0.349. The molecule has 1 saturated carbocycles. The highest BCUT2D eigenvalue weighted by atomic mass is 14.5. The zero-order valence-corrected chi connectivity index (χ0v) is 14.3. The van der Waals surface area contributed by atoms with E-state index in [9.17, 15) is 0 Å². The fraction of sp³-hybridized carbons (Fsp3) is 0.750. The summed E-state index contributed by atoms with van der Waals surface area (Å²) in [6, 6.07) is 0. The van der Waals surface area contributed by atoms with Gasteiger partial charge in [-0.3, -0.25) is 0 Å². The fourth-order valence-electron chi connectivity index (χ4n) is 4.37. The van der Waals surface area contributed by atoms with Crippen LogP contribution in [0.1, 0.15) is 79.6 Å². The molecule has 0 heteroatoms. The standard InChI is InChI=1S/C20H33/c1-15-7-6-8-16(2)10-14-19-17(3)11-13-18(12-9-15)20(19,4)5/h8-9,18-19H,6-7,10-14H2,1-5H3/q+1/b15-9+,16-8+/t18-,19+/m1/s1. The Hall–Kier alpha value is -0.650. The molecule has 0 N–H and O–H groups in total. The molecule has 0 aromatic carbocycles. The molecule has 0 aromatic rings. The SMILES string of the molecule is C/C1=C\C[C@@H]2CC[C+](C)[C@H](CC/C(C)=C/CC1)C2(C)C. The summed E-state index contributed by atoms with van der Waals surface area (Å²) < 4.78 is 0. The maximum absolute atomic E-state index is 2.54. The van der Waals surface area contributed by atoms with E-state index >= 15 is 0 Å².